The first kappa shape index (κ1) is 16.6. The minimum Gasteiger partial charge on any atom is -0.444 e. The highest BCUT2D eigenvalue weighted by molar-refractivity contribution is 5.67. The first-order valence-electron chi connectivity index (χ1n) is 7.50. The fourth-order valence-electron chi connectivity index (χ4n) is 1.82. The van der Waals surface area contributed by atoms with Crippen molar-refractivity contribution in [3.63, 3.8) is 0 Å². The number of amides is 1. The molecular weight excluding hydrogens is 290 g/mol. The summed E-state index contributed by atoms with van der Waals surface area (Å²) in [4.78, 5) is 11.5. The summed E-state index contributed by atoms with van der Waals surface area (Å²) in [5.41, 5.74) is 1.35. The van der Waals surface area contributed by atoms with E-state index in [9.17, 15) is 4.79 Å². The van der Waals surface area contributed by atoms with Crippen molar-refractivity contribution >= 4 is 6.09 Å². The van der Waals surface area contributed by atoms with Crippen LogP contribution in [0.3, 0.4) is 0 Å². The Morgan fingerprint density at radius 1 is 1.30 bits per heavy atom. The van der Waals surface area contributed by atoms with Crippen LogP contribution in [0.5, 0.6) is 0 Å². The molecule has 0 unspecified atom stereocenters. The number of benzene rings is 1. The normalized spacial score (nSPS) is 10.6. The van der Waals surface area contributed by atoms with Gasteiger partial charge in [0.1, 0.15) is 5.60 Å². The van der Waals surface area contributed by atoms with Crippen LogP contribution in [0.4, 0.5) is 4.79 Å². The van der Waals surface area contributed by atoms with E-state index in [1.54, 1.807) is 10.9 Å². The minimum absolute atomic E-state index is 0.420. The van der Waals surface area contributed by atoms with Crippen molar-refractivity contribution in [3.05, 3.63) is 48.3 Å². The summed E-state index contributed by atoms with van der Waals surface area (Å²) in [5, 5.41) is 6.95. The zero-order chi connectivity index (χ0) is 16.7. The van der Waals surface area contributed by atoms with E-state index in [2.05, 4.69) is 22.3 Å². The van der Waals surface area contributed by atoms with Crippen molar-refractivity contribution in [1.29, 1.82) is 0 Å². The molecule has 0 radical (unpaired) electrons. The summed E-state index contributed by atoms with van der Waals surface area (Å²) < 4.78 is 6.92. The molecule has 1 aromatic carbocycles. The molecule has 2 aromatic rings. The van der Waals surface area contributed by atoms with Gasteiger partial charge in [-0.25, -0.2) is 9.48 Å². The molecule has 2 rings (SSSR count). The average Bonchev–Trinajstić information content (AvgIpc) is 2.95. The SMILES string of the molecule is CC(C)(C)OC(=O)NCCC#Cc1cnn(-c2ccccc2)c1. The fourth-order valence-corrected chi connectivity index (χ4v) is 1.82. The quantitative estimate of drug-likeness (QED) is 0.700. The number of carbonyl (C=O) groups excluding carboxylic acids is 1. The number of para-hydroxylation sites is 1. The molecule has 1 aromatic heterocycles. The first-order chi connectivity index (χ1) is 10.9. The highest BCUT2D eigenvalue weighted by Gasteiger charge is 2.15. The lowest BCUT2D eigenvalue weighted by Crippen LogP contribution is -2.32. The Balaban J connectivity index is 1.80. The second-order valence-electron chi connectivity index (χ2n) is 5.99. The van der Waals surface area contributed by atoms with Crippen LogP contribution in [0.1, 0.15) is 32.8 Å². The maximum absolute atomic E-state index is 11.5. The minimum atomic E-state index is -0.484. The third kappa shape index (κ3) is 5.87. The number of alkyl carbamates (subject to hydrolysis) is 1. The van der Waals surface area contributed by atoms with E-state index < -0.39 is 11.7 Å². The molecule has 0 aliphatic heterocycles. The Morgan fingerprint density at radius 3 is 2.74 bits per heavy atom. The summed E-state index contributed by atoms with van der Waals surface area (Å²) in [6.45, 7) is 5.94. The Kier molecular flexibility index (Phi) is 5.42. The third-order valence-electron chi connectivity index (χ3n) is 2.75. The number of nitrogens with one attached hydrogen (secondary N) is 1. The van der Waals surface area contributed by atoms with Crippen molar-refractivity contribution < 1.29 is 9.53 Å². The topological polar surface area (TPSA) is 56.1 Å². The van der Waals surface area contributed by atoms with E-state index in [-0.39, 0.29) is 0 Å². The van der Waals surface area contributed by atoms with Crippen LogP contribution in [0.15, 0.2) is 42.7 Å². The Bertz CT molecular complexity index is 703. The van der Waals surface area contributed by atoms with Crippen LogP contribution in [-0.2, 0) is 4.74 Å². The average molecular weight is 311 g/mol. The van der Waals surface area contributed by atoms with Gasteiger partial charge in [-0.1, -0.05) is 30.0 Å². The van der Waals surface area contributed by atoms with E-state index in [4.69, 9.17) is 4.74 Å². The molecule has 0 atom stereocenters. The van der Waals surface area contributed by atoms with E-state index in [0.29, 0.717) is 13.0 Å². The summed E-state index contributed by atoms with van der Waals surface area (Å²) >= 11 is 0. The lowest BCUT2D eigenvalue weighted by atomic mass is 10.2. The largest absolute Gasteiger partial charge is 0.444 e. The molecule has 120 valence electrons. The predicted molar refractivity (Wildman–Crippen MR) is 89.3 cm³/mol. The monoisotopic (exact) mass is 311 g/mol. The van der Waals surface area contributed by atoms with Crippen molar-refractivity contribution in [2.75, 3.05) is 6.54 Å². The zero-order valence-corrected chi connectivity index (χ0v) is 13.7. The second-order valence-corrected chi connectivity index (χ2v) is 5.99. The molecule has 1 heterocycles. The molecule has 0 saturated carbocycles. The third-order valence-corrected chi connectivity index (χ3v) is 2.75. The highest BCUT2D eigenvalue weighted by Crippen LogP contribution is 2.07. The predicted octanol–water partition coefficient (Wildman–Crippen LogP) is 3.14. The molecule has 0 bridgehead atoms. The number of hydrogen-bond acceptors (Lipinski definition) is 3. The van der Waals surface area contributed by atoms with E-state index in [1.807, 2.05) is 57.3 Å². The Morgan fingerprint density at radius 2 is 2.04 bits per heavy atom. The van der Waals surface area contributed by atoms with Gasteiger partial charge >= 0.3 is 6.09 Å². The highest BCUT2D eigenvalue weighted by atomic mass is 16.6. The fraction of sp³-hybridized carbons (Fsp3) is 0.333. The number of rotatable bonds is 3. The molecule has 1 N–H and O–H groups in total. The van der Waals surface area contributed by atoms with Crippen LogP contribution in [0.2, 0.25) is 0 Å². The maximum Gasteiger partial charge on any atom is 0.407 e. The van der Waals surface area contributed by atoms with Gasteiger partial charge in [0.05, 0.1) is 17.4 Å². The number of aromatic nitrogens is 2. The van der Waals surface area contributed by atoms with Crippen LogP contribution >= 0.6 is 0 Å². The molecule has 0 saturated heterocycles. The van der Waals surface area contributed by atoms with Crippen molar-refractivity contribution in [3.8, 4) is 17.5 Å². The summed E-state index contributed by atoms with van der Waals surface area (Å²) in [5.74, 6) is 6.04. The number of nitrogens with zero attached hydrogens (tertiary/aromatic N) is 2. The molecule has 0 aliphatic carbocycles. The van der Waals surface area contributed by atoms with Gasteiger partial charge in [-0.2, -0.15) is 5.10 Å². The number of carbonyl (C=O) groups is 1. The van der Waals surface area contributed by atoms with Crippen molar-refractivity contribution in [2.45, 2.75) is 32.8 Å². The van der Waals surface area contributed by atoms with Gasteiger partial charge in [0.2, 0.25) is 0 Å². The van der Waals surface area contributed by atoms with E-state index in [0.717, 1.165) is 11.3 Å². The lowest BCUT2D eigenvalue weighted by Gasteiger charge is -2.19. The molecular formula is C18H21N3O2. The van der Waals surface area contributed by atoms with Gasteiger partial charge in [0, 0.05) is 19.2 Å². The standard InChI is InChI=1S/C18H21N3O2/c1-18(2,3)23-17(22)19-12-8-7-9-15-13-20-21(14-15)16-10-5-4-6-11-16/h4-6,10-11,13-14H,8,12H2,1-3H3,(H,19,22). The van der Waals surface area contributed by atoms with Crippen LogP contribution in [0.25, 0.3) is 5.69 Å². The van der Waals surface area contributed by atoms with Gasteiger partial charge in [-0.15, -0.1) is 0 Å². The Hall–Kier alpha value is -2.74. The van der Waals surface area contributed by atoms with E-state index >= 15 is 0 Å². The van der Waals surface area contributed by atoms with Crippen molar-refractivity contribution in [2.24, 2.45) is 0 Å². The van der Waals surface area contributed by atoms with Gasteiger partial charge in [-0.05, 0) is 32.9 Å². The van der Waals surface area contributed by atoms with Gasteiger partial charge < -0.3 is 10.1 Å². The van der Waals surface area contributed by atoms with Crippen LogP contribution in [0, 0.1) is 11.8 Å². The molecule has 0 spiro atoms. The molecule has 1 amide bonds. The molecule has 0 aliphatic rings. The molecule has 23 heavy (non-hydrogen) atoms. The van der Waals surface area contributed by atoms with Gasteiger partial charge in [-0.3, -0.25) is 0 Å². The second kappa shape index (κ2) is 7.50. The number of hydrogen-bond donors (Lipinski definition) is 1. The zero-order valence-electron chi connectivity index (χ0n) is 13.7. The van der Waals surface area contributed by atoms with Crippen molar-refractivity contribution in [1.82, 2.24) is 15.1 Å². The van der Waals surface area contributed by atoms with Crippen LogP contribution in [-0.4, -0.2) is 28.0 Å². The number of ether oxygens (including phenoxy) is 1. The summed E-state index contributed by atoms with van der Waals surface area (Å²) in [6, 6.07) is 9.85. The lowest BCUT2D eigenvalue weighted by molar-refractivity contribution is 0.0529. The van der Waals surface area contributed by atoms with Crippen LogP contribution < -0.4 is 5.32 Å². The van der Waals surface area contributed by atoms with E-state index in [1.165, 1.54) is 0 Å². The first-order valence-corrected chi connectivity index (χ1v) is 7.50. The van der Waals surface area contributed by atoms with Gasteiger partial charge in [0.25, 0.3) is 0 Å². The Labute approximate surface area is 136 Å². The maximum atomic E-state index is 11.5. The molecule has 5 heteroatoms. The van der Waals surface area contributed by atoms with Gasteiger partial charge in [0.15, 0.2) is 0 Å². The summed E-state index contributed by atoms with van der Waals surface area (Å²) in [6.07, 6.45) is 3.73. The summed E-state index contributed by atoms with van der Waals surface area (Å²) in [7, 11) is 0. The smallest absolute Gasteiger partial charge is 0.407 e. The molecule has 0 fully saturated rings. The molecule has 5 nitrogen and oxygen atoms in total.